The van der Waals surface area contributed by atoms with Crippen molar-refractivity contribution in [1.29, 1.82) is 0 Å². The lowest BCUT2D eigenvalue weighted by Crippen LogP contribution is -2.49. The summed E-state index contributed by atoms with van der Waals surface area (Å²) in [6.45, 7) is 0.275. The molecular weight excluding hydrogens is 324 g/mol. The Labute approximate surface area is 145 Å². The number of aliphatic hydroxyl groups is 1. The van der Waals surface area contributed by atoms with E-state index >= 15 is 0 Å². The predicted octanol–water partition coefficient (Wildman–Crippen LogP) is 2.61. The van der Waals surface area contributed by atoms with Gasteiger partial charge in [-0.25, -0.2) is 0 Å². The van der Waals surface area contributed by atoms with Crippen LogP contribution in [-0.2, 0) is 17.8 Å². The summed E-state index contributed by atoms with van der Waals surface area (Å²) in [5, 5.41) is 11.1. The van der Waals surface area contributed by atoms with Gasteiger partial charge in [0.1, 0.15) is 11.5 Å². The van der Waals surface area contributed by atoms with Crippen LogP contribution in [0.4, 0.5) is 0 Å². The van der Waals surface area contributed by atoms with Gasteiger partial charge in [-0.05, 0) is 29.3 Å². The van der Waals surface area contributed by atoms with Gasteiger partial charge in [0.15, 0.2) is 17.6 Å². The molecule has 0 unspecified atom stereocenters. The first kappa shape index (κ1) is 16.1. The Hall–Kier alpha value is -2.44. The molecule has 0 aromatic heterocycles. The van der Waals surface area contributed by atoms with Crippen molar-refractivity contribution in [3.05, 3.63) is 47.0 Å². The van der Waals surface area contributed by atoms with Gasteiger partial charge < -0.3 is 28.8 Å². The molecule has 6 nitrogen and oxygen atoms in total. The van der Waals surface area contributed by atoms with Crippen LogP contribution in [0.2, 0.25) is 0 Å². The van der Waals surface area contributed by atoms with E-state index in [2.05, 4.69) is 0 Å². The summed E-state index contributed by atoms with van der Waals surface area (Å²) in [4.78, 5) is 0. The first-order valence-electron chi connectivity index (χ1n) is 8.02. The highest BCUT2D eigenvalue weighted by molar-refractivity contribution is 5.51. The molecule has 0 aliphatic carbocycles. The normalized spacial score (nSPS) is 23.6. The average Bonchev–Trinajstić information content (AvgIpc) is 2.64. The lowest BCUT2D eigenvalue weighted by atomic mass is 9.87. The number of fused-ring (bicyclic) bond motifs is 4. The van der Waals surface area contributed by atoms with Crippen molar-refractivity contribution in [1.82, 2.24) is 0 Å². The second-order valence-electron chi connectivity index (χ2n) is 6.19. The topological polar surface area (TPSA) is 66.4 Å². The van der Waals surface area contributed by atoms with Crippen molar-refractivity contribution in [2.24, 2.45) is 0 Å². The summed E-state index contributed by atoms with van der Waals surface area (Å²) in [6.07, 6.45) is -0.319. The summed E-state index contributed by atoms with van der Waals surface area (Å²) in [5.41, 5.74) is 2.61. The molecule has 6 heteroatoms. The van der Waals surface area contributed by atoms with Crippen molar-refractivity contribution < 1.29 is 28.8 Å². The van der Waals surface area contributed by atoms with E-state index in [1.165, 1.54) is 0 Å². The van der Waals surface area contributed by atoms with E-state index in [-0.39, 0.29) is 6.61 Å². The van der Waals surface area contributed by atoms with Crippen LogP contribution >= 0.6 is 0 Å². The summed E-state index contributed by atoms with van der Waals surface area (Å²) >= 11 is 0. The monoisotopic (exact) mass is 344 g/mol. The molecule has 0 saturated heterocycles. The van der Waals surface area contributed by atoms with E-state index in [4.69, 9.17) is 23.7 Å². The highest BCUT2D eigenvalue weighted by Gasteiger charge is 2.49. The third kappa shape index (κ3) is 2.49. The fraction of sp³-hybridized carbons (Fsp3) is 0.368. The van der Waals surface area contributed by atoms with Crippen LogP contribution in [-0.4, -0.2) is 32.2 Å². The smallest absolute Gasteiger partial charge is 0.212 e. The van der Waals surface area contributed by atoms with Crippen LogP contribution in [0.25, 0.3) is 0 Å². The maximum atomic E-state index is 11.1. The molecule has 1 N–H and O–H groups in total. The molecule has 132 valence electrons. The molecule has 0 amide bonds. The summed E-state index contributed by atoms with van der Waals surface area (Å²) < 4.78 is 27.9. The lowest BCUT2D eigenvalue weighted by Gasteiger charge is -2.44. The van der Waals surface area contributed by atoms with Gasteiger partial charge in [-0.15, -0.1) is 0 Å². The summed E-state index contributed by atoms with van der Waals surface area (Å²) in [7, 11) is 4.78. The van der Waals surface area contributed by atoms with Crippen molar-refractivity contribution in [2.75, 3.05) is 21.3 Å². The Kier molecular flexibility index (Phi) is 3.74. The van der Waals surface area contributed by atoms with E-state index in [9.17, 15) is 5.11 Å². The average molecular weight is 344 g/mol. The van der Waals surface area contributed by atoms with Gasteiger partial charge >= 0.3 is 0 Å². The molecule has 0 radical (unpaired) electrons. The Morgan fingerprint density at radius 3 is 2.48 bits per heavy atom. The molecule has 0 fully saturated rings. The molecule has 0 saturated carbocycles. The summed E-state index contributed by atoms with van der Waals surface area (Å²) in [6, 6.07) is 9.26. The second-order valence-corrected chi connectivity index (χ2v) is 6.19. The zero-order valence-corrected chi connectivity index (χ0v) is 14.4. The molecule has 0 spiro atoms. The highest BCUT2D eigenvalue weighted by Crippen LogP contribution is 2.48. The minimum absolute atomic E-state index is 0.275. The largest absolute Gasteiger partial charge is 0.497 e. The highest BCUT2D eigenvalue weighted by atomic mass is 16.7. The van der Waals surface area contributed by atoms with Crippen LogP contribution in [0, 0.1) is 0 Å². The van der Waals surface area contributed by atoms with Crippen molar-refractivity contribution >= 4 is 0 Å². The van der Waals surface area contributed by atoms with E-state index in [1.807, 2.05) is 30.3 Å². The molecule has 2 aromatic rings. The second kappa shape index (κ2) is 5.82. The summed E-state index contributed by atoms with van der Waals surface area (Å²) in [5.74, 6) is 1.17. The first-order chi connectivity index (χ1) is 12.1. The number of benzene rings is 2. The molecular formula is C19H20O6. The van der Waals surface area contributed by atoms with Gasteiger partial charge in [0, 0.05) is 18.1 Å². The van der Waals surface area contributed by atoms with Gasteiger partial charge in [0.2, 0.25) is 5.79 Å². The quantitative estimate of drug-likeness (QED) is 0.923. The minimum Gasteiger partial charge on any atom is -0.497 e. The fourth-order valence-electron chi connectivity index (χ4n) is 3.44. The van der Waals surface area contributed by atoms with E-state index in [1.54, 1.807) is 21.3 Å². The molecule has 2 aliphatic heterocycles. The van der Waals surface area contributed by atoms with Crippen LogP contribution < -0.4 is 18.9 Å². The minimum atomic E-state index is -1.42. The maximum Gasteiger partial charge on any atom is 0.212 e. The predicted molar refractivity (Wildman–Crippen MR) is 89.4 cm³/mol. The van der Waals surface area contributed by atoms with Gasteiger partial charge in [-0.3, -0.25) is 0 Å². The van der Waals surface area contributed by atoms with Gasteiger partial charge in [0.25, 0.3) is 0 Å². The Balaban J connectivity index is 1.80. The third-order valence-electron chi connectivity index (χ3n) is 4.78. The number of ether oxygens (including phenoxy) is 5. The van der Waals surface area contributed by atoms with Crippen molar-refractivity contribution in [3.63, 3.8) is 0 Å². The van der Waals surface area contributed by atoms with E-state index in [0.717, 1.165) is 16.7 Å². The van der Waals surface area contributed by atoms with Crippen molar-refractivity contribution in [2.45, 2.75) is 24.9 Å². The van der Waals surface area contributed by atoms with Gasteiger partial charge in [0.05, 0.1) is 27.9 Å². The number of hydrogen-bond donors (Lipinski definition) is 1. The Morgan fingerprint density at radius 2 is 1.76 bits per heavy atom. The molecule has 25 heavy (non-hydrogen) atoms. The standard InChI is InChI=1S/C19H20O6/c1-21-13-5-4-11-9-19(20)18(25-15(11)7-13)14-8-17(23-3)16(22-2)6-12(14)10-24-19/h4-8,18,20H,9-10H2,1-3H3/t18-,19+/m1/s1. The first-order valence-corrected chi connectivity index (χ1v) is 8.02. The third-order valence-corrected chi connectivity index (χ3v) is 4.78. The molecule has 0 bridgehead atoms. The zero-order chi connectivity index (χ0) is 17.6. The van der Waals surface area contributed by atoms with Crippen LogP contribution in [0.15, 0.2) is 30.3 Å². The number of methoxy groups -OCH3 is 3. The van der Waals surface area contributed by atoms with Gasteiger partial charge in [-0.1, -0.05) is 6.07 Å². The van der Waals surface area contributed by atoms with Crippen LogP contribution in [0.5, 0.6) is 23.0 Å². The molecule has 2 aromatic carbocycles. The Morgan fingerprint density at radius 1 is 1.00 bits per heavy atom. The van der Waals surface area contributed by atoms with E-state index in [0.29, 0.717) is 29.4 Å². The van der Waals surface area contributed by atoms with Crippen LogP contribution in [0.3, 0.4) is 0 Å². The fourth-order valence-corrected chi connectivity index (χ4v) is 3.44. The molecule has 4 rings (SSSR count). The number of rotatable bonds is 3. The van der Waals surface area contributed by atoms with Crippen molar-refractivity contribution in [3.8, 4) is 23.0 Å². The van der Waals surface area contributed by atoms with Gasteiger partial charge in [-0.2, -0.15) is 0 Å². The molecule has 2 atom stereocenters. The SMILES string of the molecule is COc1ccc2c(c1)O[C@@H]1c3cc(OC)c(OC)cc3CO[C@@]1(O)C2. The number of hydrogen-bond acceptors (Lipinski definition) is 6. The molecule has 2 heterocycles. The lowest BCUT2D eigenvalue weighted by molar-refractivity contribution is -0.273. The maximum absolute atomic E-state index is 11.1. The Bertz CT molecular complexity index is 818. The molecule has 2 aliphatic rings. The van der Waals surface area contributed by atoms with E-state index < -0.39 is 11.9 Å². The van der Waals surface area contributed by atoms with Crippen LogP contribution in [0.1, 0.15) is 22.8 Å². The zero-order valence-electron chi connectivity index (χ0n) is 14.4.